The molecule has 2 aromatic carbocycles. The van der Waals surface area contributed by atoms with E-state index in [-0.39, 0.29) is 23.6 Å². The van der Waals surface area contributed by atoms with E-state index in [2.05, 4.69) is 25.8 Å². The van der Waals surface area contributed by atoms with Crippen molar-refractivity contribution >= 4 is 7.37 Å². The minimum absolute atomic E-state index is 0.0572. The number of aromatic nitrogens is 1. The van der Waals surface area contributed by atoms with E-state index in [1.54, 1.807) is 13.2 Å². The summed E-state index contributed by atoms with van der Waals surface area (Å²) < 4.78 is 44.5. The van der Waals surface area contributed by atoms with Crippen LogP contribution in [0.15, 0.2) is 54.7 Å². The van der Waals surface area contributed by atoms with Crippen LogP contribution in [0.2, 0.25) is 0 Å². The number of hydrogen-bond donors (Lipinski definition) is 1. The lowest BCUT2D eigenvalue weighted by Gasteiger charge is -2.32. The second-order valence-electron chi connectivity index (χ2n) is 11.6. The lowest BCUT2D eigenvalue weighted by molar-refractivity contribution is 0.0155. The summed E-state index contributed by atoms with van der Waals surface area (Å²) in [5, 5.41) is 0. The van der Waals surface area contributed by atoms with E-state index in [4.69, 9.17) is 14.2 Å². The largest absolute Gasteiger partial charge is 0.489 e. The molecule has 3 atom stereocenters. The quantitative estimate of drug-likeness (QED) is 0.246. The number of methoxy groups -OCH3 is 2. The zero-order chi connectivity index (χ0) is 28.4. The van der Waals surface area contributed by atoms with Gasteiger partial charge in [-0.2, -0.15) is 0 Å². The average molecular weight is 556 g/mol. The predicted molar refractivity (Wildman–Crippen MR) is 152 cm³/mol. The van der Waals surface area contributed by atoms with Gasteiger partial charge >= 0.3 is 0 Å². The maximum absolute atomic E-state index is 15.0. The van der Waals surface area contributed by atoms with Crippen molar-refractivity contribution < 1.29 is 28.1 Å². The summed E-state index contributed by atoms with van der Waals surface area (Å²) in [7, 11) is 0.0256. The average Bonchev–Trinajstić information content (AvgIpc) is 3.71. The first-order chi connectivity index (χ1) is 18.4. The molecule has 210 valence electrons. The lowest BCUT2D eigenvalue weighted by atomic mass is 9.81. The summed E-state index contributed by atoms with van der Waals surface area (Å²) in [6, 6.07) is 15.3. The second-order valence-corrected chi connectivity index (χ2v) is 14.1. The summed E-state index contributed by atoms with van der Waals surface area (Å²) in [5.41, 5.74) is 3.65. The third-order valence-electron chi connectivity index (χ3n) is 7.17. The van der Waals surface area contributed by atoms with Gasteiger partial charge in [-0.3, -0.25) is 4.57 Å². The van der Waals surface area contributed by atoms with E-state index < -0.39 is 13.2 Å². The van der Waals surface area contributed by atoms with Crippen molar-refractivity contribution in [2.75, 3.05) is 27.0 Å². The summed E-state index contributed by atoms with van der Waals surface area (Å²) in [4.78, 5) is 14.0. The molecule has 8 heteroatoms. The molecule has 0 saturated heterocycles. The summed E-state index contributed by atoms with van der Waals surface area (Å²) >= 11 is 0. The zero-order valence-corrected chi connectivity index (χ0v) is 24.5. The number of rotatable bonds is 11. The predicted octanol–water partition coefficient (Wildman–Crippen LogP) is 7.60. The standard InChI is InChI=1S/C31H39FNO5P/c1-31(2,3)30(37-5)26-14-20(10-13-24(26)25-16-29(36-4)33-17-28(25)32)18-38-23-9-7-8-22(15-23)27(21-11-12-21)19-39(6,34)35/h7-10,13-17,21,27,30H,11-12,18-19H2,1-6H3,(H,34,35)/t27-,30+/m0/s1. The molecular formula is C31H39FNO5P. The molecule has 1 aromatic heterocycles. The Kier molecular flexibility index (Phi) is 8.85. The van der Waals surface area contributed by atoms with Crippen molar-refractivity contribution in [2.24, 2.45) is 11.3 Å². The van der Waals surface area contributed by atoms with Crippen molar-refractivity contribution in [2.45, 2.75) is 52.2 Å². The van der Waals surface area contributed by atoms with Gasteiger partial charge in [-0.1, -0.05) is 45.0 Å². The Morgan fingerprint density at radius 3 is 2.46 bits per heavy atom. The minimum Gasteiger partial charge on any atom is -0.489 e. The Labute approximate surface area is 231 Å². The van der Waals surface area contributed by atoms with Crippen molar-refractivity contribution in [1.82, 2.24) is 4.98 Å². The number of hydrogen-bond acceptors (Lipinski definition) is 5. The molecule has 39 heavy (non-hydrogen) atoms. The van der Waals surface area contributed by atoms with Crippen molar-refractivity contribution in [3.05, 3.63) is 77.2 Å². The molecule has 6 nitrogen and oxygen atoms in total. The smallest absolute Gasteiger partial charge is 0.213 e. The topological polar surface area (TPSA) is 77.9 Å². The fourth-order valence-corrected chi connectivity index (χ4v) is 6.48. The van der Waals surface area contributed by atoms with Crippen molar-refractivity contribution in [3.8, 4) is 22.8 Å². The highest BCUT2D eigenvalue weighted by molar-refractivity contribution is 7.57. The first-order valence-corrected chi connectivity index (χ1v) is 15.6. The van der Waals surface area contributed by atoms with Crippen molar-refractivity contribution in [1.29, 1.82) is 0 Å². The van der Waals surface area contributed by atoms with Crippen LogP contribution in [0.3, 0.4) is 0 Å². The molecule has 1 aliphatic rings. The first kappa shape index (κ1) is 29.3. The SMILES string of the molecule is COc1cc(-c2ccc(COc3cccc([C@@H](CP(C)(=O)O)C4CC4)c3)cc2[C@@H](OC)C(C)(C)C)c(F)cn1. The molecule has 0 spiro atoms. The van der Waals surface area contributed by atoms with Gasteiger partial charge in [-0.25, -0.2) is 9.37 Å². The van der Waals surface area contributed by atoms with Gasteiger partial charge in [0.05, 0.1) is 19.4 Å². The van der Waals surface area contributed by atoms with Crippen LogP contribution in [0.4, 0.5) is 4.39 Å². The molecule has 1 aliphatic carbocycles. The Bertz CT molecular complexity index is 1350. The summed E-state index contributed by atoms with van der Waals surface area (Å²) in [5.74, 6) is 1.11. The van der Waals surface area contributed by atoms with Gasteiger partial charge < -0.3 is 19.1 Å². The molecule has 1 saturated carbocycles. The van der Waals surface area contributed by atoms with Gasteiger partial charge in [0.1, 0.15) is 18.2 Å². The number of ether oxygens (including phenoxy) is 3. The van der Waals surface area contributed by atoms with Gasteiger partial charge in [0.2, 0.25) is 5.88 Å². The molecule has 0 bridgehead atoms. The fourth-order valence-electron chi connectivity index (χ4n) is 5.24. The number of nitrogens with zero attached hydrogens (tertiary/aromatic N) is 1. The monoisotopic (exact) mass is 555 g/mol. The normalized spacial score (nSPS) is 16.8. The third-order valence-corrected chi connectivity index (χ3v) is 8.24. The van der Waals surface area contributed by atoms with E-state index in [1.165, 1.54) is 20.0 Å². The highest BCUT2D eigenvalue weighted by atomic mass is 31.2. The molecule has 1 heterocycles. The molecule has 1 unspecified atom stereocenters. The van der Waals surface area contributed by atoms with E-state index in [1.807, 2.05) is 42.5 Å². The van der Waals surface area contributed by atoms with Gasteiger partial charge in [0, 0.05) is 31.6 Å². The van der Waals surface area contributed by atoms with Crippen LogP contribution >= 0.6 is 7.37 Å². The molecule has 0 radical (unpaired) electrons. The fraction of sp³-hybridized carbons (Fsp3) is 0.452. The van der Waals surface area contributed by atoms with Crippen LogP contribution in [-0.4, -0.2) is 36.9 Å². The number of benzene rings is 2. The van der Waals surface area contributed by atoms with Gasteiger partial charge in [0.15, 0.2) is 7.37 Å². The molecule has 0 aliphatic heterocycles. The van der Waals surface area contributed by atoms with Gasteiger partial charge in [0.25, 0.3) is 0 Å². The molecule has 1 fully saturated rings. The summed E-state index contributed by atoms with van der Waals surface area (Å²) in [6.45, 7) is 7.99. The highest BCUT2D eigenvalue weighted by Gasteiger charge is 2.35. The van der Waals surface area contributed by atoms with Crippen LogP contribution < -0.4 is 9.47 Å². The maximum atomic E-state index is 15.0. The van der Waals surface area contributed by atoms with E-state index in [0.717, 1.165) is 29.5 Å². The van der Waals surface area contributed by atoms with Crippen LogP contribution in [0.1, 0.15) is 62.3 Å². The van der Waals surface area contributed by atoms with Crippen LogP contribution in [0, 0.1) is 17.2 Å². The molecule has 0 amide bonds. The number of pyridine rings is 1. The first-order valence-electron chi connectivity index (χ1n) is 13.3. The molecule has 4 rings (SSSR count). The van der Waals surface area contributed by atoms with E-state index in [0.29, 0.717) is 35.3 Å². The van der Waals surface area contributed by atoms with Gasteiger partial charge in [-0.05, 0) is 70.5 Å². The second kappa shape index (κ2) is 11.8. The van der Waals surface area contributed by atoms with E-state index in [9.17, 15) is 13.8 Å². The Balaban J connectivity index is 1.64. The minimum atomic E-state index is -3.14. The van der Waals surface area contributed by atoms with Gasteiger partial charge in [-0.15, -0.1) is 0 Å². The molecule has 3 aromatic rings. The van der Waals surface area contributed by atoms with Crippen molar-refractivity contribution in [3.63, 3.8) is 0 Å². The maximum Gasteiger partial charge on any atom is 0.213 e. The Morgan fingerprint density at radius 2 is 1.85 bits per heavy atom. The molecule has 1 N–H and O–H groups in total. The van der Waals surface area contributed by atoms with Crippen LogP contribution in [0.5, 0.6) is 11.6 Å². The van der Waals surface area contributed by atoms with Crippen LogP contribution in [0.25, 0.3) is 11.1 Å². The van der Waals surface area contributed by atoms with E-state index >= 15 is 0 Å². The Hall–Kier alpha value is -2.73. The van der Waals surface area contributed by atoms with Crippen LogP contribution in [-0.2, 0) is 15.9 Å². The summed E-state index contributed by atoms with van der Waals surface area (Å²) in [6.07, 6.45) is 3.32. The Morgan fingerprint density at radius 1 is 1.10 bits per heavy atom. The zero-order valence-electron chi connectivity index (χ0n) is 23.6. The highest BCUT2D eigenvalue weighted by Crippen LogP contribution is 2.51. The number of halogens is 1. The molecular weight excluding hydrogens is 516 g/mol. The lowest BCUT2D eigenvalue weighted by Crippen LogP contribution is -2.21. The third kappa shape index (κ3) is 7.47.